The van der Waals surface area contributed by atoms with Crippen LogP contribution < -0.4 is 5.32 Å². The second-order valence-electron chi connectivity index (χ2n) is 9.39. The summed E-state index contributed by atoms with van der Waals surface area (Å²) in [6.45, 7) is 9.72. The number of piperazine rings is 1. The molecule has 0 atom stereocenters. The molecule has 2 amide bonds. The number of rotatable bonds is 8. The third-order valence-electron chi connectivity index (χ3n) is 6.94. The number of carbonyl (C=O) groups is 2. The SMILES string of the molecule is Cc1nn(-c2ccc3nnc(C)n3n2)c(C)c1CCC(=O)N1CCN(Cc2cccc(NC=O)c2)CC1. The average Bonchev–Trinajstić information content (AvgIpc) is 3.41. The average molecular weight is 502 g/mol. The zero-order valence-electron chi connectivity index (χ0n) is 21.4. The highest BCUT2D eigenvalue weighted by Crippen LogP contribution is 2.20. The van der Waals surface area contributed by atoms with Gasteiger partial charge >= 0.3 is 0 Å². The van der Waals surface area contributed by atoms with Crippen molar-refractivity contribution in [3.8, 4) is 5.82 Å². The molecule has 192 valence electrons. The van der Waals surface area contributed by atoms with Crippen molar-refractivity contribution in [2.75, 3.05) is 31.5 Å². The number of benzene rings is 1. The second kappa shape index (κ2) is 10.5. The molecule has 4 heterocycles. The van der Waals surface area contributed by atoms with Gasteiger partial charge in [0, 0.05) is 50.5 Å². The fourth-order valence-electron chi connectivity index (χ4n) is 4.89. The molecule has 0 radical (unpaired) electrons. The second-order valence-corrected chi connectivity index (χ2v) is 9.39. The molecular weight excluding hydrogens is 470 g/mol. The third-order valence-corrected chi connectivity index (χ3v) is 6.94. The Kier molecular flexibility index (Phi) is 6.95. The summed E-state index contributed by atoms with van der Waals surface area (Å²) in [5.74, 6) is 1.58. The molecule has 3 aromatic heterocycles. The van der Waals surface area contributed by atoms with Crippen LogP contribution in [-0.4, -0.2) is 77.9 Å². The van der Waals surface area contributed by atoms with E-state index in [9.17, 15) is 9.59 Å². The predicted octanol–water partition coefficient (Wildman–Crippen LogP) is 2.08. The number of nitrogens with zero attached hydrogens (tertiary/aromatic N) is 8. The Balaban J connectivity index is 1.17. The first-order valence-corrected chi connectivity index (χ1v) is 12.5. The summed E-state index contributed by atoms with van der Waals surface area (Å²) in [5.41, 5.74) is 5.60. The van der Waals surface area contributed by atoms with Gasteiger partial charge in [-0.15, -0.1) is 15.3 Å². The number of nitrogens with one attached hydrogen (secondary N) is 1. The van der Waals surface area contributed by atoms with Crippen molar-refractivity contribution in [2.24, 2.45) is 0 Å². The van der Waals surface area contributed by atoms with E-state index in [0.29, 0.717) is 49.6 Å². The number of anilines is 1. The summed E-state index contributed by atoms with van der Waals surface area (Å²) in [4.78, 5) is 28.0. The number of aryl methyl sites for hydroxylation is 2. The van der Waals surface area contributed by atoms with Crippen LogP contribution in [-0.2, 0) is 22.6 Å². The highest BCUT2D eigenvalue weighted by molar-refractivity contribution is 5.76. The highest BCUT2D eigenvalue weighted by atomic mass is 16.2. The molecule has 0 unspecified atom stereocenters. The molecule has 0 aliphatic carbocycles. The van der Waals surface area contributed by atoms with Crippen LogP contribution in [0.25, 0.3) is 11.5 Å². The van der Waals surface area contributed by atoms with Gasteiger partial charge in [0.25, 0.3) is 0 Å². The van der Waals surface area contributed by atoms with Crippen LogP contribution in [0.3, 0.4) is 0 Å². The highest BCUT2D eigenvalue weighted by Gasteiger charge is 2.22. The number of hydrogen-bond acceptors (Lipinski definition) is 7. The first kappa shape index (κ1) is 24.6. The molecule has 5 rings (SSSR count). The van der Waals surface area contributed by atoms with Crippen molar-refractivity contribution in [1.82, 2.24) is 39.4 Å². The Morgan fingerprint density at radius 3 is 2.62 bits per heavy atom. The van der Waals surface area contributed by atoms with Gasteiger partial charge in [0.05, 0.1) is 5.69 Å². The fourth-order valence-corrected chi connectivity index (χ4v) is 4.89. The van der Waals surface area contributed by atoms with Gasteiger partial charge in [0.2, 0.25) is 12.3 Å². The molecule has 0 spiro atoms. The zero-order valence-corrected chi connectivity index (χ0v) is 21.4. The van der Waals surface area contributed by atoms with E-state index in [1.165, 1.54) is 0 Å². The maximum Gasteiger partial charge on any atom is 0.222 e. The maximum absolute atomic E-state index is 13.0. The number of carbonyl (C=O) groups excluding carboxylic acids is 2. The largest absolute Gasteiger partial charge is 0.340 e. The van der Waals surface area contributed by atoms with Crippen LogP contribution in [0.2, 0.25) is 0 Å². The molecule has 37 heavy (non-hydrogen) atoms. The van der Waals surface area contributed by atoms with Crippen LogP contribution in [0.5, 0.6) is 0 Å². The smallest absolute Gasteiger partial charge is 0.222 e. The van der Waals surface area contributed by atoms with Gasteiger partial charge in [0.15, 0.2) is 17.3 Å². The van der Waals surface area contributed by atoms with Gasteiger partial charge in [-0.1, -0.05) is 12.1 Å². The first-order chi connectivity index (χ1) is 17.9. The van der Waals surface area contributed by atoms with Crippen molar-refractivity contribution in [3.63, 3.8) is 0 Å². The van der Waals surface area contributed by atoms with Crippen molar-refractivity contribution in [1.29, 1.82) is 0 Å². The summed E-state index contributed by atoms with van der Waals surface area (Å²) in [5, 5.41) is 20.2. The zero-order chi connectivity index (χ0) is 25.9. The van der Waals surface area contributed by atoms with Crippen LogP contribution in [0.15, 0.2) is 36.4 Å². The third kappa shape index (κ3) is 5.21. The number of aromatic nitrogens is 6. The lowest BCUT2D eigenvalue weighted by Gasteiger charge is -2.35. The van der Waals surface area contributed by atoms with Gasteiger partial charge in [-0.05, 0) is 62.6 Å². The van der Waals surface area contributed by atoms with Crippen LogP contribution in [0, 0.1) is 20.8 Å². The van der Waals surface area contributed by atoms with Gasteiger partial charge in [-0.3, -0.25) is 14.5 Å². The van der Waals surface area contributed by atoms with Gasteiger partial charge < -0.3 is 10.2 Å². The van der Waals surface area contributed by atoms with Crippen LogP contribution in [0.4, 0.5) is 5.69 Å². The monoisotopic (exact) mass is 501 g/mol. The standard InChI is InChI=1S/C26H31N9O2/c1-18-23(19(2)34(30-18)25-9-8-24-29-28-20(3)35(24)31-25)7-10-26(37)33-13-11-32(12-14-33)16-21-5-4-6-22(15-21)27-17-36/h4-6,8-9,15,17H,7,10-14,16H2,1-3H3,(H,27,36). The fraction of sp³-hybridized carbons (Fsp3) is 0.385. The van der Waals surface area contributed by atoms with Crippen molar-refractivity contribution >= 4 is 23.7 Å². The predicted molar refractivity (Wildman–Crippen MR) is 138 cm³/mol. The molecule has 11 nitrogen and oxygen atoms in total. The summed E-state index contributed by atoms with van der Waals surface area (Å²) < 4.78 is 3.53. The molecule has 1 N–H and O–H groups in total. The number of fused-ring (bicyclic) bond motifs is 1. The lowest BCUT2D eigenvalue weighted by Crippen LogP contribution is -2.48. The molecule has 1 fully saturated rings. The quantitative estimate of drug-likeness (QED) is 0.368. The minimum absolute atomic E-state index is 0.169. The van der Waals surface area contributed by atoms with Crippen molar-refractivity contribution in [3.05, 3.63) is 64.7 Å². The molecule has 0 saturated carbocycles. The minimum atomic E-state index is 0.169. The van der Waals surface area contributed by atoms with E-state index in [1.54, 1.807) is 4.52 Å². The Morgan fingerprint density at radius 2 is 1.84 bits per heavy atom. The van der Waals surface area contributed by atoms with Crippen molar-refractivity contribution < 1.29 is 9.59 Å². The van der Waals surface area contributed by atoms with Gasteiger partial charge in [-0.2, -0.15) is 9.61 Å². The lowest BCUT2D eigenvalue weighted by molar-refractivity contribution is -0.133. The summed E-state index contributed by atoms with van der Waals surface area (Å²) in [6, 6.07) is 11.6. The van der Waals surface area contributed by atoms with Crippen LogP contribution in [0.1, 0.15) is 34.8 Å². The summed E-state index contributed by atoms with van der Waals surface area (Å²) in [7, 11) is 0. The van der Waals surface area contributed by atoms with E-state index in [1.807, 2.05) is 60.7 Å². The summed E-state index contributed by atoms with van der Waals surface area (Å²) >= 11 is 0. The van der Waals surface area contributed by atoms with E-state index >= 15 is 0 Å². The van der Waals surface area contributed by atoms with E-state index in [0.717, 1.165) is 47.8 Å². The Morgan fingerprint density at radius 1 is 1.03 bits per heavy atom. The Bertz CT molecular complexity index is 1430. The number of hydrogen-bond donors (Lipinski definition) is 1. The minimum Gasteiger partial charge on any atom is -0.340 e. The molecule has 4 aromatic rings. The summed E-state index contributed by atoms with van der Waals surface area (Å²) in [6.07, 6.45) is 1.78. The maximum atomic E-state index is 13.0. The molecule has 1 aromatic carbocycles. The lowest BCUT2D eigenvalue weighted by atomic mass is 10.1. The van der Waals surface area contributed by atoms with E-state index < -0.39 is 0 Å². The first-order valence-electron chi connectivity index (χ1n) is 12.5. The molecule has 11 heteroatoms. The van der Waals surface area contributed by atoms with E-state index in [2.05, 4.69) is 31.6 Å². The Labute approximate surface area is 215 Å². The normalized spacial score (nSPS) is 14.3. The topological polar surface area (TPSA) is 114 Å². The molecule has 1 saturated heterocycles. The van der Waals surface area contributed by atoms with Crippen LogP contribution >= 0.6 is 0 Å². The molecule has 1 aliphatic heterocycles. The van der Waals surface area contributed by atoms with E-state index in [4.69, 9.17) is 5.10 Å². The molecule has 1 aliphatic rings. The van der Waals surface area contributed by atoms with Gasteiger partial charge in [-0.25, -0.2) is 4.68 Å². The molecular formula is C26H31N9O2. The molecule has 0 bridgehead atoms. The van der Waals surface area contributed by atoms with E-state index in [-0.39, 0.29) is 5.91 Å². The Hall–Kier alpha value is -4.12. The van der Waals surface area contributed by atoms with Gasteiger partial charge in [0.1, 0.15) is 0 Å². The van der Waals surface area contributed by atoms with Crippen molar-refractivity contribution in [2.45, 2.75) is 40.2 Å². The number of amides is 2.